The lowest BCUT2D eigenvalue weighted by Gasteiger charge is -2.37. The number of rotatable bonds is 6. The van der Waals surface area contributed by atoms with E-state index in [2.05, 4.69) is 10.3 Å². The third-order valence-corrected chi connectivity index (χ3v) is 5.18. The molecule has 0 bridgehead atoms. The van der Waals surface area contributed by atoms with Gasteiger partial charge in [-0.05, 0) is 31.0 Å². The SMILES string of the molecule is COc1ccccc1CC(=O)N1CCC[C@H]([C@H](NC(C)=O)c2ccccn2)C1. The fraction of sp³-hybridized carbons (Fsp3) is 0.409. The number of nitrogens with zero attached hydrogens (tertiary/aromatic N) is 2. The number of hydrogen-bond donors (Lipinski definition) is 1. The number of benzene rings is 1. The molecule has 6 heteroatoms. The molecule has 1 aromatic carbocycles. The van der Waals surface area contributed by atoms with E-state index in [9.17, 15) is 9.59 Å². The van der Waals surface area contributed by atoms with E-state index in [1.165, 1.54) is 6.92 Å². The van der Waals surface area contributed by atoms with Gasteiger partial charge in [0.2, 0.25) is 11.8 Å². The van der Waals surface area contributed by atoms with Crippen LogP contribution in [0.2, 0.25) is 0 Å². The van der Waals surface area contributed by atoms with Crippen LogP contribution in [0.25, 0.3) is 0 Å². The zero-order valence-electron chi connectivity index (χ0n) is 16.4. The summed E-state index contributed by atoms with van der Waals surface area (Å²) in [6.45, 7) is 2.86. The van der Waals surface area contributed by atoms with Gasteiger partial charge in [-0.25, -0.2) is 0 Å². The molecule has 0 unspecified atom stereocenters. The fourth-order valence-electron chi connectivity index (χ4n) is 3.84. The van der Waals surface area contributed by atoms with E-state index in [1.807, 2.05) is 47.4 Å². The van der Waals surface area contributed by atoms with Crippen molar-refractivity contribution >= 4 is 11.8 Å². The van der Waals surface area contributed by atoms with Crippen LogP contribution in [0.1, 0.15) is 37.1 Å². The minimum Gasteiger partial charge on any atom is -0.496 e. The molecule has 2 atom stereocenters. The summed E-state index contributed by atoms with van der Waals surface area (Å²) in [5, 5.41) is 3.03. The van der Waals surface area contributed by atoms with Gasteiger partial charge in [0.1, 0.15) is 5.75 Å². The lowest BCUT2D eigenvalue weighted by Crippen LogP contribution is -2.45. The molecule has 6 nitrogen and oxygen atoms in total. The number of aromatic nitrogens is 1. The standard InChI is InChI=1S/C22H27N3O3/c1-16(26)24-22(19-10-5-6-12-23-19)18-9-7-13-25(15-18)21(27)14-17-8-3-4-11-20(17)28-2/h3-6,8,10-12,18,22H,7,9,13-15H2,1-2H3,(H,24,26)/t18-,22-/m0/s1. The number of likely N-dealkylation sites (tertiary alicyclic amines) is 1. The van der Waals surface area contributed by atoms with Crippen molar-refractivity contribution in [2.75, 3.05) is 20.2 Å². The summed E-state index contributed by atoms with van der Waals surface area (Å²) >= 11 is 0. The molecule has 0 spiro atoms. The Balaban J connectivity index is 1.73. The van der Waals surface area contributed by atoms with Crippen molar-refractivity contribution in [1.82, 2.24) is 15.2 Å². The predicted octanol–water partition coefficient (Wildman–Crippen LogP) is 2.75. The first-order valence-corrected chi connectivity index (χ1v) is 9.66. The van der Waals surface area contributed by atoms with Gasteiger partial charge in [-0.2, -0.15) is 0 Å². The average molecular weight is 381 g/mol. The molecule has 1 aliphatic rings. The molecule has 2 aromatic rings. The minimum atomic E-state index is -0.194. The molecule has 1 N–H and O–H groups in total. The van der Waals surface area contributed by atoms with Crippen LogP contribution < -0.4 is 10.1 Å². The molecule has 3 rings (SSSR count). The topological polar surface area (TPSA) is 71.5 Å². The molecule has 0 saturated carbocycles. The van der Waals surface area contributed by atoms with E-state index >= 15 is 0 Å². The third-order valence-electron chi connectivity index (χ3n) is 5.18. The van der Waals surface area contributed by atoms with Crippen LogP contribution in [-0.2, 0) is 16.0 Å². The maximum absolute atomic E-state index is 12.9. The van der Waals surface area contributed by atoms with Crippen molar-refractivity contribution in [3.63, 3.8) is 0 Å². The van der Waals surface area contributed by atoms with E-state index in [1.54, 1.807) is 13.3 Å². The van der Waals surface area contributed by atoms with E-state index in [0.29, 0.717) is 13.0 Å². The van der Waals surface area contributed by atoms with Crippen LogP contribution in [0, 0.1) is 5.92 Å². The number of piperidine rings is 1. The van der Waals surface area contributed by atoms with Crippen molar-refractivity contribution in [3.8, 4) is 5.75 Å². The number of methoxy groups -OCH3 is 1. The van der Waals surface area contributed by atoms with Crippen LogP contribution in [0.3, 0.4) is 0 Å². The summed E-state index contributed by atoms with van der Waals surface area (Å²) in [7, 11) is 1.62. The summed E-state index contributed by atoms with van der Waals surface area (Å²) in [5.41, 5.74) is 1.72. The Morgan fingerprint density at radius 3 is 2.75 bits per heavy atom. The Bertz CT molecular complexity index is 810. The summed E-state index contributed by atoms with van der Waals surface area (Å²) in [4.78, 5) is 31.0. The second-order valence-corrected chi connectivity index (χ2v) is 7.16. The molecule has 1 fully saturated rings. The number of amides is 2. The second kappa shape index (κ2) is 9.35. The van der Waals surface area contributed by atoms with Gasteiger partial charge in [-0.3, -0.25) is 14.6 Å². The van der Waals surface area contributed by atoms with E-state index in [0.717, 1.165) is 36.4 Å². The van der Waals surface area contributed by atoms with Crippen molar-refractivity contribution in [3.05, 3.63) is 59.9 Å². The van der Waals surface area contributed by atoms with Crippen LogP contribution in [-0.4, -0.2) is 41.9 Å². The Hall–Kier alpha value is -2.89. The molecule has 28 heavy (non-hydrogen) atoms. The first-order chi connectivity index (χ1) is 13.6. The Labute approximate surface area is 165 Å². The second-order valence-electron chi connectivity index (χ2n) is 7.16. The molecule has 0 radical (unpaired) electrons. The molecule has 0 aliphatic carbocycles. The van der Waals surface area contributed by atoms with Crippen LogP contribution in [0.4, 0.5) is 0 Å². The molecule has 2 heterocycles. The molecule has 1 aromatic heterocycles. The van der Waals surface area contributed by atoms with Gasteiger partial charge in [0.25, 0.3) is 0 Å². The summed E-state index contributed by atoms with van der Waals surface area (Å²) in [6.07, 6.45) is 3.90. The predicted molar refractivity (Wildman–Crippen MR) is 107 cm³/mol. The largest absolute Gasteiger partial charge is 0.496 e. The maximum Gasteiger partial charge on any atom is 0.227 e. The third kappa shape index (κ3) is 4.88. The highest BCUT2D eigenvalue weighted by Gasteiger charge is 2.31. The lowest BCUT2D eigenvalue weighted by atomic mass is 9.88. The first kappa shape index (κ1) is 19.9. The Morgan fingerprint density at radius 2 is 2.04 bits per heavy atom. The quantitative estimate of drug-likeness (QED) is 0.835. The fourth-order valence-corrected chi connectivity index (χ4v) is 3.84. The zero-order valence-corrected chi connectivity index (χ0v) is 16.4. The van der Waals surface area contributed by atoms with Gasteiger partial charge in [-0.1, -0.05) is 24.3 Å². The van der Waals surface area contributed by atoms with Gasteiger partial charge < -0.3 is 15.0 Å². The zero-order chi connectivity index (χ0) is 19.9. The molecule has 2 amide bonds. The smallest absolute Gasteiger partial charge is 0.227 e. The van der Waals surface area contributed by atoms with Crippen molar-refractivity contribution in [2.45, 2.75) is 32.2 Å². The molecule has 1 aliphatic heterocycles. The average Bonchev–Trinajstić information content (AvgIpc) is 2.73. The van der Waals surface area contributed by atoms with Crippen LogP contribution >= 0.6 is 0 Å². The number of carbonyl (C=O) groups is 2. The van der Waals surface area contributed by atoms with Crippen molar-refractivity contribution in [1.29, 1.82) is 0 Å². The highest BCUT2D eigenvalue weighted by atomic mass is 16.5. The van der Waals surface area contributed by atoms with Gasteiger partial charge >= 0.3 is 0 Å². The Kier molecular flexibility index (Phi) is 6.63. The Morgan fingerprint density at radius 1 is 1.25 bits per heavy atom. The number of carbonyl (C=O) groups excluding carboxylic acids is 2. The lowest BCUT2D eigenvalue weighted by molar-refractivity contribution is -0.132. The van der Waals surface area contributed by atoms with E-state index in [4.69, 9.17) is 4.74 Å². The number of ether oxygens (including phenoxy) is 1. The molecule has 1 saturated heterocycles. The molecular formula is C22H27N3O3. The summed E-state index contributed by atoms with van der Waals surface area (Å²) < 4.78 is 5.37. The van der Waals surface area contributed by atoms with E-state index in [-0.39, 0.29) is 23.8 Å². The summed E-state index contributed by atoms with van der Waals surface area (Å²) in [6, 6.07) is 13.1. The maximum atomic E-state index is 12.9. The first-order valence-electron chi connectivity index (χ1n) is 9.66. The summed E-state index contributed by atoms with van der Waals surface area (Å²) in [5.74, 6) is 0.855. The molecular weight excluding hydrogens is 354 g/mol. The number of pyridine rings is 1. The minimum absolute atomic E-state index is 0.0804. The molecule has 148 valence electrons. The van der Waals surface area contributed by atoms with Gasteiger partial charge in [0, 0.05) is 37.7 Å². The number of hydrogen-bond acceptors (Lipinski definition) is 4. The van der Waals surface area contributed by atoms with Crippen molar-refractivity contribution < 1.29 is 14.3 Å². The van der Waals surface area contributed by atoms with Gasteiger partial charge in [-0.15, -0.1) is 0 Å². The van der Waals surface area contributed by atoms with Gasteiger partial charge in [0.15, 0.2) is 0 Å². The number of nitrogens with one attached hydrogen (secondary N) is 1. The monoisotopic (exact) mass is 381 g/mol. The van der Waals surface area contributed by atoms with Crippen LogP contribution in [0.15, 0.2) is 48.7 Å². The highest BCUT2D eigenvalue weighted by Crippen LogP contribution is 2.29. The van der Waals surface area contributed by atoms with E-state index < -0.39 is 0 Å². The van der Waals surface area contributed by atoms with Crippen LogP contribution in [0.5, 0.6) is 5.75 Å². The highest BCUT2D eigenvalue weighted by molar-refractivity contribution is 5.79. The van der Waals surface area contributed by atoms with Gasteiger partial charge in [0.05, 0.1) is 25.3 Å². The normalized spacial score (nSPS) is 17.6. The number of para-hydroxylation sites is 1. The van der Waals surface area contributed by atoms with Crippen molar-refractivity contribution in [2.24, 2.45) is 5.92 Å².